The Kier molecular flexibility index (Phi) is 5.28. The van der Waals surface area contributed by atoms with Gasteiger partial charge in [-0.15, -0.1) is 0 Å². The second-order valence-corrected chi connectivity index (χ2v) is 8.56. The number of aromatic amines is 1. The highest BCUT2D eigenvalue weighted by Gasteiger charge is 2.11. The van der Waals surface area contributed by atoms with Gasteiger partial charge in [0.15, 0.2) is 0 Å². The molecule has 0 radical (unpaired) electrons. The van der Waals surface area contributed by atoms with E-state index in [0.29, 0.717) is 18.1 Å². The molecule has 0 amide bonds. The average Bonchev–Trinajstić information content (AvgIpc) is 3.15. The number of benzene rings is 2. The molecule has 0 unspecified atom stereocenters. The molecule has 0 aliphatic carbocycles. The fourth-order valence-corrected chi connectivity index (χ4v) is 3.75. The van der Waals surface area contributed by atoms with Crippen molar-refractivity contribution in [3.8, 4) is 17.1 Å². The summed E-state index contributed by atoms with van der Waals surface area (Å²) in [5.74, 6) is 0.544. The summed E-state index contributed by atoms with van der Waals surface area (Å²) >= 11 is 0. The molecular formula is C21H21N5O3S. The van der Waals surface area contributed by atoms with Crippen molar-refractivity contribution >= 4 is 32.3 Å². The van der Waals surface area contributed by atoms with Gasteiger partial charge < -0.3 is 10.1 Å². The maximum absolute atomic E-state index is 11.6. The minimum absolute atomic E-state index is 0.460. The molecule has 0 fully saturated rings. The van der Waals surface area contributed by atoms with Gasteiger partial charge in [0.1, 0.15) is 5.69 Å². The van der Waals surface area contributed by atoms with Gasteiger partial charge in [0.25, 0.3) is 0 Å². The number of hydrogen-bond acceptors (Lipinski definition) is 6. The van der Waals surface area contributed by atoms with Crippen LogP contribution in [0.3, 0.4) is 0 Å². The molecule has 0 aliphatic rings. The van der Waals surface area contributed by atoms with Crippen LogP contribution < -0.4 is 14.8 Å². The summed E-state index contributed by atoms with van der Waals surface area (Å²) in [6, 6.07) is 16.9. The third kappa shape index (κ3) is 4.36. The van der Waals surface area contributed by atoms with E-state index in [9.17, 15) is 8.42 Å². The Morgan fingerprint density at radius 1 is 1.10 bits per heavy atom. The molecule has 0 spiro atoms. The first-order valence-electron chi connectivity index (χ1n) is 9.21. The Bertz CT molecular complexity index is 1280. The number of H-pyrrole nitrogens is 1. The molecule has 8 nitrogen and oxygen atoms in total. The molecule has 0 saturated heterocycles. The van der Waals surface area contributed by atoms with Crippen LogP contribution in [0.5, 0.6) is 5.88 Å². The minimum atomic E-state index is -3.35. The summed E-state index contributed by atoms with van der Waals surface area (Å²) in [6.07, 6.45) is 2.86. The molecule has 4 rings (SSSR count). The number of hydrogen-bond donors (Lipinski definition) is 3. The van der Waals surface area contributed by atoms with E-state index in [1.54, 1.807) is 31.5 Å². The first kappa shape index (κ1) is 19.7. The molecule has 30 heavy (non-hydrogen) atoms. The summed E-state index contributed by atoms with van der Waals surface area (Å²) in [4.78, 5) is 4.25. The summed E-state index contributed by atoms with van der Waals surface area (Å²) < 4.78 is 30.9. The molecule has 2 heterocycles. The van der Waals surface area contributed by atoms with Gasteiger partial charge in [-0.1, -0.05) is 18.2 Å². The van der Waals surface area contributed by atoms with Gasteiger partial charge in [-0.25, -0.2) is 13.4 Å². The second-order valence-electron chi connectivity index (χ2n) is 6.81. The van der Waals surface area contributed by atoms with Crippen molar-refractivity contribution in [3.63, 3.8) is 0 Å². The molecular weight excluding hydrogens is 402 g/mol. The van der Waals surface area contributed by atoms with Crippen molar-refractivity contribution in [2.24, 2.45) is 0 Å². The molecule has 0 aliphatic heterocycles. The molecule has 0 atom stereocenters. The van der Waals surface area contributed by atoms with Crippen molar-refractivity contribution in [2.75, 3.05) is 23.4 Å². The molecule has 9 heteroatoms. The predicted octanol–water partition coefficient (Wildman–Crippen LogP) is 3.62. The number of fused-ring (bicyclic) bond motifs is 1. The zero-order valence-corrected chi connectivity index (χ0v) is 17.3. The molecule has 0 saturated carbocycles. The van der Waals surface area contributed by atoms with E-state index in [1.165, 1.54) is 0 Å². The summed E-state index contributed by atoms with van der Waals surface area (Å²) in [7, 11) is -1.77. The van der Waals surface area contributed by atoms with E-state index in [4.69, 9.17) is 4.74 Å². The highest BCUT2D eigenvalue weighted by molar-refractivity contribution is 7.92. The van der Waals surface area contributed by atoms with E-state index in [-0.39, 0.29) is 0 Å². The number of nitrogens with one attached hydrogen (secondary N) is 3. The van der Waals surface area contributed by atoms with Crippen molar-refractivity contribution in [3.05, 3.63) is 66.4 Å². The molecule has 2 aromatic carbocycles. The molecule has 154 valence electrons. The average molecular weight is 423 g/mol. The summed E-state index contributed by atoms with van der Waals surface area (Å²) in [6.45, 7) is 0.460. The predicted molar refractivity (Wildman–Crippen MR) is 118 cm³/mol. The van der Waals surface area contributed by atoms with Crippen LogP contribution >= 0.6 is 0 Å². The van der Waals surface area contributed by atoms with Gasteiger partial charge in [0.05, 0.1) is 24.6 Å². The van der Waals surface area contributed by atoms with Crippen LogP contribution in [0.1, 0.15) is 5.56 Å². The van der Waals surface area contributed by atoms with Gasteiger partial charge in [-0.05, 0) is 35.9 Å². The van der Waals surface area contributed by atoms with Crippen LogP contribution in [0.4, 0.5) is 11.4 Å². The largest absolute Gasteiger partial charge is 0.481 e. The van der Waals surface area contributed by atoms with Crippen molar-refractivity contribution < 1.29 is 13.2 Å². The van der Waals surface area contributed by atoms with Gasteiger partial charge in [-0.3, -0.25) is 9.82 Å². The third-order valence-corrected chi connectivity index (χ3v) is 5.17. The number of pyridine rings is 1. The van der Waals surface area contributed by atoms with Crippen LogP contribution in [0.25, 0.3) is 22.2 Å². The van der Waals surface area contributed by atoms with E-state index >= 15 is 0 Å². The number of rotatable bonds is 7. The van der Waals surface area contributed by atoms with Crippen molar-refractivity contribution in [2.45, 2.75) is 6.54 Å². The summed E-state index contributed by atoms with van der Waals surface area (Å²) in [5.41, 5.74) is 4.87. The van der Waals surface area contributed by atoms with Crippen molar-refractivity contribution in [1.82, 2.24) is 15.2 Å². The number of sulfonamides is 1. The number of aromatic nitrogens is 3. The number of anilines is 2. The zero-order chi connectivity index (χ0) is 21.1. The van der Waals surface area contributed by atoms with Gasteiger partial charge in [0.2, 0.25) is 15.9 Å². The second kappa shape index (κ2) is 8.03. The van der Waals surface area contributed by atoms with Gasteiger partial charge in [0, 0.05) is 35.4 Å². The standard InChI is InChI=1S/C21H21N5O3S/c1-29-20-10-7-15(13-23-20)21-17-11-16(8-9-19(17)24-25-21)22-12-14-5-3-4-6-18(14)26-30(2,27)28/h3-11,13,22,26H,12H2,1-2H3,(H,24,25). The minimum Gasteiger partial charge on any atom is -0.481 e. The van der Waals surface area contributed by atoms with Gasteiger partial charge >= 0.3 is 0 Å². The molecule has 3 N–H and O–H groups in total. The Balaban J connectivity index is 1.59. The Morgan fingerprint density at radius 3 is 2.67 bits per heavy atom. The fourth-order valence-electron chi connectivity index (χ4n) is 3.16. The monoisotopic (exact) mass is 423 g/mol. The van der Waals surface area contributed by atoms with Crippen LogP contribution in [0, 0.1) is 0 Å². The van der Waals surface area contributed by atoms with E-state index in [1.807, 2.05) is 36.4 Å². The van der Waals surface area contributed by atoms with Crippen LogP contribution in [-0.2, 0) is 16.6 Å². The normalized spacial score (nSPS) is 11.4. The maximum atomic E-state index is 11.6. The van der Waals surface area contributed by atoms with E-state index in [0.717, 1.165) is 39.7 Å². The highest BCUT2D eigenvalue weighted by Crippen LogP contribution is 2.29. The van der Waals surface area contributed by atoms with E-state index in [2.05, 4.69) is 25.2 Å². The lowest BCUT2D eigenvalue weighted by Gasteiger charge is -2.12. The van der Waals surface area contributed by atoms with Crippen LogP contribution in [-0.4, -0.2) is 37.0 Å². The number of nitrogens with zero attached hydrogens (tertiary/aromatic N) is 2. The van der Waals surface area contributed by atoms with Gasteiger partial charge in [-0.2, -0.15) is 5.10 Å². The smallest absolute Gasteiger partial charge is 0.229 e. The van der Waals surface area contributed by atoms with Crippen LogP contribution in [0.2, 0.25) is 0 Å². The highest BCUT2D eigenvalue weighted by atomic mass is 32.2. The quantitative estimate of drug-likeness (QED) is 0.419. The third-order valence-electron chi connectivity index (χ3n) is 4.58. The Morgan fingerprint density at radius 2 is 1.93 bits per heavy atom. The lowest BCUT2D eigenvalue weighted by molar-refractivity contribution is 0.398. The summed E-state index contributed by atoms with van der Waals surface area (Å²) in [5, 5.41) is 11.8. The Hall–Kier alpha value is -3.59. The SMILES string of the molecule is COc1ccc(-c2n[nH]c3ccc(NCc4ccccc4NS(C)(=O)=O)cc23)cn1. The zero-order valence-electron chi connectivity index (χ0n) is 16.5. The molecule has 0 bridgehead atoms. The Labute approximate surface area is 174 Å². The van der Waals surface area contributed by atoms with E-state index < -0.39 is 10.0 Å². The first-order chi connectivity index (χ1) is 14.4. The topological polar surface area (TPSA) is 109 Å². The number of para-hydroxylation sites is 1. The van der Waals surface area contributed by atoms with Crippen molar-refractivity contribution in [1.29, 1.82) is 0 Å². The maximum Gasteiger partial charge on any atom is 0.229 e. The molecule has 2 aromatic heterocycles. The lowest BCUT2D eigenvalue weighted by atomic mass is 10.1. The lowest BCUT2D eigenvalue weighted by Crippen LogP contribution is -2.12. The number of methoxy groups -OCH3 is 1. The fraction of sp³-hybridized carbons (Fsp3) is 0.143. The molecule has 4 aromatic rings. The van der Waals surface area contributed by atoms with Crippen LogP contribution in [0.15, 0.2) is 60.8 Å². The number of ether oxygens (including phenoxy) is 1. The first-order valence-corrected chi connectivity index (χ1v) is 11.1.